The lowest BCUT2D eigenvalue weighted by atomic mass is 10.0. The molecular weight excluding hydrogens is 704 g/mol. The van der Waals surface area contributed by atoms with Gasteiger partial charge in [-0.3, -0.25) is 28.8 Å². The Kier molecular flexibility index (Phi) is 28.8. The van der Waals surface area contributed by atoms with Crippen LogP contribution in [0.15, 0.2) is 0 Å². The number of carbonyl (C=O) groups excluding carboxylic acids is 6. The molecule has 320 valence electrons. The fourth-order valence-corrected chi connectivity index (χ4v) is 5.87. The van der Waals surface area contributed by atoms with Crippen LogP contribution in [0.4, 0.5) is 4.79 Å². The van der Waals surface area contributed by atoms with Gasteiger partial charge in [0, 0.05) is 20.0 Å². The highest BCUT2D eigenvalue weighted by Gasteiger charge is 2.29. The van der Waals surface area contributed by atoms with Crippen molar-refractivity contribution < 1.29 is 38.3 Å². The van der Waals surface area contributed by atoms with Gasteiger partial charge in [0.25, 0.3) is 5.91 Å². The number of carbonyl (C=O) groups is 6. The van der Waals surface area contributed by atoms with Gasteiger partial charge in [0.15, 0.2) is 0 Å². The molecule has 0 rings (SSSR count). The molecule has 0 radical (unpaired) electrons. The van der Waals surface area contributed by atoms with Crippen molar-refractivity contribution in [3.63, 3.8) is 0 Å². The van der Waals surface area contributed by atoms with Gasteiger partial charge in [-0.1, -0.05) is 104 Å². The minimum Gasteiger partial charge on any atom is -0.444 e. The Morgan fingerprint density at radius 2 is 1.05 bits per heavy atom. The van der Waals surface area contributed by atoms with Crippen molar-refractivity contribution in [2.45, 2.75) is 207 Å². The maximum atomic E-state index is 13.4. The lowest BCUT2D eigenvalue weighted by Crippen LogP contribution is -2.56. The molecule has 0 saturated heterocycles. The Morgan fingerprint density at radius 1 is 0.582 bits per heavy atom. The summed E-state index contributed by atoms with van der Waals surface area (Å²) < 4.78 is 5.27. The van der Waals surface area contributed by atoms with Crippen molar-refractivity contribution in [2.24, 2.45) is 0 Å². The molecule has 14 heteroatoms. The topological polar surface area (TPSA) is 184 Å². The first-order chi connectivity index (χ1) is 26.1. The summed E-state index contributed by atoms with van der Waals surface area (Å²) in [6, 6.07) is -3.73. The number of hydrogen-bond acceptors (Lipinski definition) is 8. The Balaban J connectivity index is 5.08. The molecular formula is C41H78N6O8. The minimum absolute atomic E-state index is 0.233. The van der Waals surface area contributed by atoms with E-state index >= 15 is 0 Å². The zero-order valence-electron chi connectivity index (χ0n) is 35.9. The van der Waals surface area contributed by atoms with Crippen LogP contribution in [-0.4, -0.2) is 91.2 Å². The SMILES string of the molecule is CCCCCCCCCCCCCCCC(=O)N[C@@H](CCCCNC(=O)OC(C)(C)C)C(=O)N[C@@H](C)C(=O)N[C@@H](C)C(=O)N[C@@H](CCCC)C(=O)N(C)OC. The van der Waals surface area contributed by atoms with Crippen LogP contribution >= 0.6 is 0 Å². The van der Waals surface area contributed by atoms with Crippen LogP contribution in [0.25, 0.3) is 0 Å². The summed E-state index contributed by atoms with van der Waals surface area (Å²) in [7, 11) is 2.81. The second-order valence-electron chi connectivity index (χ2n) is 15.7. The number of nitrogens with one attached hydrogen (secondary N) is 5. The highest BCUT2D eigenvalue weighted by Crippen LogP contribution is 2.14. The van der Waals surface area contributed by atoms with E-state index in [2.05, 4.69) is 33.5 Å². The molecule has 4 atom stereocenters. The van der Waals surface area contributed by atoms with E-state index < -0.39 is 59.5 Å². The van der Waals surface area contributed by atoms with E-state index in [4.69, 9.17) is 9.57 Å². The van der Waals surface area contributed by atoms with E-state index in [1.165, 1.54) is 85.8 Å². The fraction of sp³-hybridized carbons (Fsp3) is 0.854. The number of hydroxylamine groups is 2. The first-order valence-corrected chi connectivity index (χ1v) is 21.0. The smallest absolute Gasteiger partial charge is 0.407 e. The molecule has 0 bridgehead atoms. The molecule has 0 aliphatic heterocycles. The summed E-state index contributed by atoms with van der Waals surface area (Å²) in [5.74, 6) is -2.31. The maximum absolute atomic E-state index is 13.4. The largest absolute Gasteiger partial charge is 0.444 e. The number of ether oxygens (including phenoxy) is 1. The van der Waals surface area contributed by atoms with Crippen LogP contribution < -0.4 is 26.6 Å². The summed E-state index contributed by atoms with van der Waals surface area (Å²) in [6.07, 6.45) is 18.7. The van der Waals surface area contributed by atoms with Gasteiger partial charge in [-0.15, -0.1) is 0 Å². The number of alkyl carbamates (subject to hydrolysis) is 1. The van der Waals surface area contributed by atoms with Crippen molar-refractivity contribution in [3.05, 3.63) is 0 Å². The third-order valence-electron chi connectivity index (χ3n) is 9.30. The molecule has 0 aliphatic rings. The number of amides is 6. The minimum atomic E-state index is -1.02. The number of unbranched alkanes of at least 4 members (excludes halogenated alkanes) is 14. The van der Waals surface area contributed by atoms with E-state index in [0.29, 0.717) is 45.1 Å². The molecule has 0 aromatic rings. The van der Waals surface area contributed by atoms with Gasteiger partial charge in [-0.25, -0.2) is 9.86 Å². The van der Waals surface area contributed by atoms with Crippen LogP contribution in [0.3, 0.4) is 0 Å². The van der Waals surface area contributed by atoms with Crippen molar-refractivity contribution in [1.29, 1.82) is 0 Å². The van der Waals surface area contributed by atoms with Crippen LogP contribution in [0.5, 0.6) is 0 Å². The molecule has 55 heavy (non-hydrogen) atoms. The zero-order valence-corrected chi connectivity index (χ0v) is 35.9. The van der Waals surface area contributed by atoms with Crippen molar-refractivity contribution in [2.75, 3.05) is 20.7 Å². The molecule has 0 fully saturated rings. The Morgan fingerprint density at radius 3 is 1.56 bits per heavy atom. The summed E-state index contributed by atoms with van der Waals surface area (Å²) in [4.78, 5) is 82.0. The normalized spacial score (nSPS) is 13.5. The van der Waals surface area contributed by atoms with Gasteiger partial charge in [-0.05, 0) is 66.7 Å². The fourth-order valence-electron chi connectivity index (χ4n) is 5.87. The van der Waals surface area contributed by atoms with Crippen molar-refractivity contribution >= 4 is 35.6 Å². The second-order valence-corrected chi connectivity index (χ2v) is 15.7. The number of rotatable bonds is 31. The lowest BCUT2D eigenvalue weighted by Gasteiger charge is -2.25. The summed E-state index contributed by atoms with van der Waals surface area (Å²) in [6.45, 7) is 12.9. The quantitative estimate of drug-likeness (QED) is 0.0398. The average Bonchev–Trinajstić information content (AvgIpc) is 3.12. The summed E-state index contributed by atoms with van der Waals surface area (Å²) in [5, 5.41) is 14.6. The molecule has 0 aromatic heterocycles. The van der Waals surface area contributed by atoms with Crippen LogP contribution in [-0.2, 0) is 33.5 Å². The van der Waals surface area contributed by atoms with Gasteiger partial charge >= 0.3 is 6.09 Å². The van der Waals surface area contributed by atoms with Gasteiger partial charge < -0.3 is 31.3 Å². The number of hydrogen-bond donors (Lipinski definition) is 5. The maximum Gasteiger partial charge on any atom is 0.407 e. The van der Waals surface area contributed by atoms with Crippen LogP contribution in [0.2, 0.25) is 0 Å². The van der Waals surface area contributed by atoms with E-state index in [0.717, 1.165) is 37.2 Å². The third-order valence-corrected chi connectivity index (χ3v) is 9.30. The van der Waals surface area contributed by atoms with E-state index in [9.17, 15) is 28.8 Å². The van der Waals surface area contributed by atoms with E-state index in [1.54, 1.807) is 20.8 Å². The molecule has 14 nitrogen and oxygen atoms in total. The second kappa shape index (κ2) is 30.8. The van der Waals surface area contributed by atoms with Gasteiger partial charge in [0.1, 0.15) is 29.8 Å². The highest BCUT2D eigenvalue weighted by atomic mass is 16.7. The molecule has 0 unspecified atom stereocenters. The first-order valence-electron chi connectivity index (χ1n) is 21.0. The molecule has 0 aromatic carbocycles. The summed E-state index contributed by atoms with van der Waals surface area (Å²) in [5.41, 5.74) is -0.618. The first kappa shape index (κ1) is 51.6. The number of nitrogens with zero attached hydrogens (tertiary/aromatic N) is 1. The standard InChI is InChI=1S/C41H78N6O8/c1-10-12-14-15-16-17-18-19-20-21-22-23-24-29-35(48)45-33(28-25-26-30-42-40(53)55-41(5,6)7)38(51)44-31(3)36(49)43-32(4)37(50)46-34(27-13-11-2)39(52)47(8)54-9/h31-34H,10-30H2,1-9H3,(H,42,53)(H,43,49)(H,44,51)(H,45,48)(H,46,50)/t31-,32-,33-,34-/m0/s1. The molecule has 0 heterocycles. The van der Waals surface area contributed by atoms with E-state index in [1.807, 2.05) is 6.92 Å². The Hall–Kier alpha value is -3.42. The van der Waals surface area contributed by atoms with E-state index in [-0.39, 0.29) is 5.91 Å². The molecule has 0 spiro atoms. The van der Waals surface area contributed by atoms with Crippen LogP contribution in [0.1, 0.15) is 177 Å². The van der Waals surface area contributed by atoms with Gasteiger partial charge in [-0.2, -0.15) is 0 Å². The predicted molar refractivity (Wildman–Crippen MR) is 217 cm³/mol. The van der Waals surface area contributed by atoms with Crippen LogP contribution in [0, 0.1) is 0 Å². The van der Waals surface area contributed by atoms with Crippen molar-refractivity contribution in [1.82, 2.24) is 31.6 Å². The monoisotopic (exact) mass is 783 g/mol. The lowest BCUT2D eigenvalue weighted by molar-refractivity contribution is -0.171. The summed E-state index contributed by atoms with van der Waals surface area (Å²) >= 11 is 0. The Labute approximate surface area is 332 Å². The molecule has 0 saturated carbocycles. The van der Waals surface area contributed by atoms with Gasteiger partial charge in [0.2, 0.25) is 23.6 Å². The average molecular weight is 783 g/mol. The highest BCUT2D eigenvalue weighted by molar-refractivity contribution is 5.95. The third kappa shape index (κ3) is 26.9. The van der Waals surface area contributed by atoms with Crippen molar-refractivity contribution in [3.8, 4) is 0 Å². The molecule has 5 N–H and O–H groups in total. The predicted octanol–water partition coefficient (Wildman–Crippen LogP) is 6.35. The Bertz CT molecular complexity index is 1110. The molecule has 0 aliphatic carbocycles. The zero-order chi connectivity index (χ0) is 41.6. The molecule has 6 amide bonds. The number of likely N-dealkylation sites (N-methyl/N-ethyl adjacent to an activating group) is 1. The van der Waals surface area contributed by atoms with Gasteiger partial charge in [0.05, 0.1) is 7.11 Å².